The van der Waals surface area contributed by atoms with Gasteiger partial charge < -0.3 is 19.9 Å². The van der Waals surface area contributed by atoms with Gasteiger partial charge >= 0.3 is 0 Å². The van der Waals surface area contributed by atoms with Gasteiger partial charge in [-0.05, 0) is 37.1 Å². The third-order valence-corrected chi connectivity index (χ3v) is 5.67. The average Bonchev–Trinajstić information content (AvgIpc) is 2.81. The molecule has 0 bridgehead atoms. The van der Waals surface area contributed by atoms with Gasteiger partial charge in [0.25, 0.3) is 0 Å². The van der Waals surface area contributed by atoms with E-state index in [0.717, 1.165) is 66.1 Å². The third kappa shape index (κ3) is 4.60. The van der Waals surface area contributed by atoms with E-state index < -0.39 is 0 Å². The Hall–Kier alpha value is -3.61. The van der Waals surface area contributed by atoms with Crippen molar-refractivity contribution in [1.82, 2.24) is 19.8 Å². The number of methoxy groups -OCH3 is 1. The first-order valence-corrected chi connectivity index (χ1v) is 10.4. The highest BCUT2D eigenvalue weighted by atomic mass is 16.5. The molecule has 160 valence electrons. The van der Waals surface area contributed by atoms with E-state index in [1.165, 1.54) is 6.33 Å². The number of benzene rings is 1. The summed E-state index contributed by atoms with van der Waals surface area (Å²) in [5.74, 6) is 2.02. The fraction of sp³-hybridized carbons (Fsp3) is 0.292. The predicted molar refractivity (Wildman–Crippen MR) is 124 cm³/mol. The highest BCUT2D eigenvalue weighted by Crippen LogP contribution is 2.29. The Balaban J connectivity index is 1.50. The van der Waals surface area contributed by atoms with Crippen LogP contribution in [-0.2, 0) is 0 Å². The Labute approximate surface area is 183 Å². The van der Waals surface area contributed by atoms with Gasteiger partial charge in [0, 0.05) is 55.4 Å². The van der Waals surface area contributed by atoms with Crippen molar-refractivity contribution in [2.45, 2.75) is 12.8 Å². The van der Waals surface area contributed by atoms with Crippen LogP contribution in [0.15, 0.2) is 78.5 Å². The number of likely N-dealkylation sites (N-methyl/N-ethyl adjacent to an activating group) is 1. The number of nitrogens with one attached hydrogen (secondary N) is 1. The van der Waals surface area contributed by atoms with Crippen molar-refractivity contribution in [3.63, 3.8) is 0 Å². The lowest BCUT2D eigenvalue weighted by Gasteiger charge is -2.40. The van der Waals surface area contributed by atoms with E-state index in [-0.39, 0.29) is 0 Å². The first-order chi connectivity index (χ1) is 15.0. The molecule has 2 aliphatic heterocycles. The molecule has 1 unspecified atom stereocenters. The number of aromatic nitrogens is 2. The fourth-order valence-corrected chi connectivity index (χ4v) is 3.89. The number of anilines is 1. The number of nitrogens with zero attached hydrogens (tertiary/aromatic N) is 5. The summed E-state index contributed by atoms with van der Waals surface area (Å²) in [5.41, 5.74) is 4.46. The molecule has 1 aromatic carbocycles. The van der Waals surface area contributed by atoms with Crippen LogP contribution < -0.4 is 10.1 Å². The summed E-state index contributed by atoms with van der Waals surface area (Å²) in [7, 11) is 3.67. The van der Waals surface area contributed by atoms with E-state index in [1.54, 1.807) is 13.3 Å². The second-order valence-electron chi connectivity index (χ2n) is 7.75. The molecular formula is C24H28N6O. The van der Waals surface area contributed by atoms with Gasteiger partial charge in [0.05, 0.1) is 18.5 Å². The Kier molecular flexibility index (Phi) is 6.02. The third-order valence-electron chi connectivity index (χ3n) is 5.67. The standard InChI is InChI=1S/C24H28N6O/c1-17-13-23(22-10-11-25-16-26-22)28-24(29(17)3)30-12-6-7-19(15-30)18(2)27-20-8-5-9-21(14-20)31-4/h5,8-11,13-14,16,19,27H,1-2,6-7,12,15H2,3-4H3. The molecule has 1 aromatic heterocycles. The monoisotopic (exact) mass is 416 g/mol. The van der Waals surface area contributed by atoms with Crippen molar-refractivity contribution in [3.05, 3.63) is 79.2 Å². The van der Waals surface area contributed by atoms with Crippen LogP contribution in [0.3, 0.4) is 0 Å². The van der Waals surface area contributed by atoms with Gasteiger partial charge in [-0.25, -0.2) is 15.0 Å². The maximum absolute atomic E-state index is 5.32. The smallest absolute Gasteiger partial charge is 0.206 e. The molecule has 7 nitrogen and oxygen atoms in total. The number of aliphatic imine (C=N–C) groups is 1. The lowest BCUT2D eigenvalue weighted by atomic mass is 9.95. The molecule has 0 amide bonds. The second-order valence-corrected chi connectivity index (χ2v) is 7.75. The lowest BCUT2D eigenvalue weighted by molar-refractivity contribution is 0.264. The van der Waals surface area contributed by atoms with Gasteiger partial charge in [0.2, 0.25) is 5.96 Å². The number of piperidine rings is 1. The zero-order valence-corrected chi connectivity index (χ0v) is 18.1. The van der Waals surface area contributed by atoms with Crippen molar-refractivity contribution >= 4 is 17.3 Å². The van der Waals surface area contributed by atoms with Crippen LogP contribution in [0, 0.1) is 5.92 Å². The van der Waals surface area contributed by atoms with Crippen LogP contribution in [0.1, 0.15) is 18.5 Å². The quantitative estimate of drug-likeness (QED) is 0.795. The number of ether oxygens (including phenoxy) is 1. The van der Waals surface area contributed by atoms with Crippen molar-refractivity contribution in [3.8, 4) is 5.75 Å². The predicted octanol–water partition coefficient (Wildman–Crippen LogP) is 3.98. The van der Waals surface area contributed by atoms with Crippen LogP contribution >= 0.6 is 0 Å². The van der Waals surface area contributed by atoms with Crippen LogP contribution in [0.2, 0.25) is 0 Å². The van der Waals surface area contributed by atoms with E-state index in [4.69, 9.17) is 9.73 Å². The van der Waals surface area contributed by atoms with E-state index in [9.17, 15) is 0 Å². The summed E-state index contributed by atoms with van der Waals surface area (Å²) in [6.45, 7) is 10.3. The van der Waals surface area contributed by atoms with Gasteiger partial charge in [0.15, 0.2) is 0 Å². The molecule has 7 heteroatoms. The first-order valence-electron chi connectivity index (χ1n) is 10.4. The summed E-state index contributed by atoms with van der Waals surface area (Å²) < 4.78 is 5.32. The number of likely N-dealkylation sites (tertiary alicyclic amines) is 1. The molecule has 1 saturated heterocycles. The fourth-order valence-electron chi connectivity index (χ4n) is 3.89. The zero-order chi connectivity index (χ0) is 21.8. The van der Waals surface area contributed by atoms with Gasteiger partial charge in [-0.15, -0.1) is 0 Å². The van der Waals surface area contributed by atoms with Crippen molar-refractivity contribution in [2.24, 2.45) is 10.9 Å². The molecule has 0 saturated carbocycles. The molecule has 4 rings (SSSR count). The largest absolute Gasteiger partial charge is 0.497 e. The van der Waals surface area contributed by atoms with Gasteiger partial charge in [-0.3, -0.25) is 0 Å². The Morgan fingerprint density at radius 3 is 2.94 bits per heavy atom. The first kappa shape index (κ1) is 20.7. The lowest BCUT2D eigenvalue weighted by Crippen LogP contribution is -2.48. The SMILES string of the molecule is C=C(Nc1cccc(OC)c1)C1CCCN(C2=NC(c3ccncn3)=CC(=C)N2C)C1. The summed E-state index contributed by atoms with van der Waals surface area (Å²) in [6, 6.07) is 9.77. The van der Waals surface area contributed by atoms with Crippen LogP contribution in [-0.4, -0.2) is 53.0 Å². The number of allylic oxidation sites excluding steroid dienone is 1. The minimum atomic E-state index is 0.303. The Bertz CT molecular complexity index is 1030. The molecule has 2 aromatic rings. The van der Waals surface area contributed by atoms with Crippen molar-refractivity contribution in [1.29, 1.82) is 0 Å². The molecule has 0 aliphatic carbocycles. The molecule has 1 fully saturated rings. The molecule has 31 heavy (non-hydrogen) atoms. The number of guanidine groups is 1. The Morgan fingerprint density at radius 1 is 1.29 bits per heavy atom. The molecule has 1 N–H and O–H groups in total. The number of hydrogen-bond donors (Lipinski definition) is 1. The van der Waals surface area contributed by atoms with E-state index >= 15 is 0 Å². The second kappa shape index (κ2) is 9.04. The van der Waals surface area contributed by atoms with E-state index in [0.29, 0.717) is 5.92 Å². The van der Waals surface area contributed by atoms with Gasteiger partial charge in [-0.2, -0.15) is 0 Å². The van der Waals surface area contributed by atoms with Crippen molar-refractivity contribution in [2.75, 3.05) is 32.6 Å². The molecule has 3 heterocycles. The average molecular weight is 417 g/mol. The highest BCUT2D eigenvalue weighted by molar-refractivity contribution is 5.90. The normalized spacial score (nSPS) is 18.9. The van der Waals surface area contributed by atoms with Crippen molar-refractivity contribution < 1.29 is 4.74 Å². The number of rotatable bonds is 5. The van der Waals surface area contributed by atoms with Crippen LogP contribution in [0.4, 0.5) is 5.69 Å². The number of hydrogen-bond acceptors (Lipinski definition) is 7. The molecule has 0 spiro atoms. The minimum Gasteiger partial charge on any atom is -0.497 e. The Morgan fingerprint density at radius 2 is 2.16 bits per heavy atom. The molecule has 0 radical (unpaired) electrons. The molecule has 2 aliphatic rings. The summed E-state index contributed by atoms with van der Waals surface area (Å²) >= 11 is 0. The zero-order valence-electron chi connectivity index (χ0n) is 18.1. The highest BCUT2D eigenvalue weighted by Gasteiger charge is 2.29. The minimum absolute atomic E-state index is 0.303. The van der Waals surface area contributed by atoms with Gasteiger partial charge in [-0.1, -0.05) is 19.2 Å². The maximum Gasteiger partial charge on any atom is 0.206 e. The summed E-state index contributed by atoms with van der Waals surface area (Å²) in [6.07, 6.45) is 7.37. The van der Waals surface area contributed by atoms with E-state index in [2.05, 4.69) is 33.3 Å². The molecular weight excluding hydrogens is 388 g/mol. The molecule has 1 atom stereocenters. The van der Waals surface area contributed by atoms with Crippen LogP contribution in [0.25, 0.3) is 5.70 Å². The maximum atomic E-state index is 5.32. The van der Waals surface area contributed by atoms with E-state index in [1.807, 2.05) is 48.4 Å². The topological polar surface area (TPSA) is 65.9 Å². The van der Waals surface area contributed by atoms with Gasteiger partial charge in [0.1, 0.15) is 12.1 Å². The summed E-state index contributed by atoms with van der Waals surface area (Å²) in [5, 5.41) is 3.46. The summed E-state index contributed by atoms with van der Waals surface area (Å²) in [4.78, 5) is 17.6. The van der Waals surface area contributed by atoms with Crippen LogP contribution in [0.5, 0.6) is 5.75 Å².